The van der Waals surface area contributed by atoms with Crippen LogP contribution in [0.3, 0.4) is 0 Å². The first-order chi connectivity index (χ1) is 13.0. The number of benzene rings is 1. The number of carboxylic acid groups (broad SMARTS) is 1. The number of alkyl halides is 3. The number of hydrogen-bond acceptors (Lipinski definition) is 4. The molecule has 148 valence electrons. The van der Waals surface area contributed by atoms with E-state index in [1.807, 2.05) is 0 Å². The van der Waals surface area contributed by atoms with Crippen LogP contribution in [-0.4, -0.2) is 24.5 Å². The second kappa shape index (κ2) is 7.02. The SMILES string of the molecule is NS(=O)(=O)c1ccc(C2=C(c3ccc(C(F)(F)F)cc3)CC(C(=O)O)C2)nc1. The van der Waals surface area contributed by atoms with Crippen molar-refractivity contribution in [2.24, 2.45) is 11.1 Å². The lowest BCUT2D eigenvalue weighted by Crippen LogP contribution is -2.12. The highest BCUT2D eigenvalue weighted by Crippen LogP contribution is 2.43. The van der Waals surface area contributed by atoms with Crippen molar-refractivity contribution in [3.63, 3.8) is 0 Å². The van der Waals surface area contributed by atoms with E-state index in [4.69, 9.17) is 5.14 Å². The number of nitrogens with two attached hydrogens (primary N) is 1. The molecule has 1 aliphatic rings. The Morgan fingerprint density at radius 2 is 1.68 bits per heavy atom. The minimum atomic E-state index is -4.47. The first kappa shape index (κ1) is 20.0. The summed E-state index contributed by atoms with van der Waals surface area (Å²) in [4.78, 5) is 15.3. The van der Waals surface area contributed by atoms with Crippen LogP contribution in [0.15, 0.2) is 47.5 Å². The third-order valence-electron chi connectivity index (χ3n) is 4.55. The standard InChI is InChI=1S/C18H15F3N2O4S/c19-18(20,21)12-3-1-10(2-4-12)14-7-11(17(24)25)8-15(14)16-6-5-13(9-23-16)28(22,26)27/h1-6,9,11H,7-8H2,(H,24,25)(H2,22,26,27). The zero-order chi connectivity index (χ0) is 20.7. The molecule has 1 aliphatic carbocycles. The number of pyridine rings is 1. The molecule has 1 atom stereocenters. The molecular formula is C18H15F3N2O4S. The Bertz CT molecular complexity index is 1040. The van der Waals surface area contributed by atoms with E-state index >= 15 is 0 Å². The highest BCUT2D eigenvalue weighted by molar-refractivity contribution is 7.89. The maximum atomic E-state index is 12.8. The molecular weight excluding hydrogens is 397 g/mol. The summed E-state index contributed by atoms with van der Waals surface area (Å²) in [6, 6.07) is 7.12. The number of sulfonamides is 1. The minimum Gasteiger partial charge on any atom is -0.481 e. The van der Waals surface area contributed by atoms with Gasteiger partial charge >= 0.3 is 12.1 Å². The topological polar surface area (TPSA) is 110 Å². The quantitative estimate of drug-likeness (QED) is 0.802. The molecule has 0 saturated heterocycles. The molecule has 1 aromatic heterocycles. The normalized spacial score (nSPS) is 17.8. The van der Waals surface area contributed by atoms with Crippen LogP contribution in [0, 0.1) is 5.92 Å². The summed E-state index contributed by atoms with van der Waals surface area (Å²) in [6.45, 7) is 0. The second-order valence-electron chi connectivity index (χ2n) is 6.40. The summed E-state index contributed by atoms with van der Waals surface area (Å²) >= 11 is 0. The third kappa shape index (κ3) is 4.07. The van der Waals surface area contributed by atoms with Crippen LogP contribution in [0.2, 0.25) is 0 Å². The molecule has 10 heteroatoms. The van der Waals surface area contributed by atoms with Gasteiger partial charge in [0.25, 0.3) is 0 Å². The van der Waals surface area contributed by atoms with E-state index in [1.165, 1.54) is 24.3 Å². The third-order valence-corrected chi connectivity index (χ3v) is 5.45. The number of hydrogen-bond donors (Lipinski definition) is 2. The molecule has 0 spiro atoms. The van der Waals surface area contributed by atoms with Crippen LogP contribution >= 0.6 is 0 Å². The van der Waals surface area contributed by atoms with Gasteiger partial charge in [-0.15, -0.1) is 0 Å². The summed E-state index contributed by atoms with van der Waals surface area (Å²) in [5.41, 5.74) is 1.13. The maximum Gasteiger partial charge on any atom is 0.416 e. The Hall–Kier alpha value is -2.72. The monoisotopic (exact) mass is 412 g/mol. The molecule has 1 aromatic carbocycles. The predicted molar refractivity (Wildman–Crippen MR) is 94.2 cm³/mol. The Balaban J connectivity index is 2.04. The van der Waals surface area contributed by atoms with Crippen molar-refractivity contribution in [1.82, 2.24) is 4.98 Å². The molecule has 0 bridgehead atoms. The number of carboxylic acids is 1. The van der Waals surface area contributed by atoms with Crippen LogP contribution in [0.4, 0.5) is 13.2 Å². The van der Waals surface area contributed by atoms with E-state index in [-0.39, 0.29) is 17.7 Å². The Morgan fingerprint density at radius 3 is 2.14 bits per heavy atom. The second-order valence-corrected chi connectivity index (χ2v) is 7.96. The van der Waals surface area contributed by atoms with Crippen molar-refractivity contribution in [1.29, 1.82) is 0 Å². The van der Waals surface area contributed by atoms with Gasteiger partial charge in [0, 0.05) is 6.20 Å². The van der Waals surface area contributed by atoms with E-state index < -0.39 is 33.7 Å². The molecule has 0 saturated carbocycles. The lowest BCUT2D eigenvalue weighted by Gasteiger charge is -2.10. The van der Waals surface area contributed by atoms with Crippen LogP contribution in [0.1, 0.15) is 29.7 Å². The summed E-state index contributed by atoms with van der Waals surface area (Å²) in [5.74, 6) is -1.77. The highest BCUT2D eigenvalue weighted by atomic mass is 32.2. The molecule has 3 rings (SSSR count). The van der Waals surface area contributed by atoms with Gasteiger partial charge < -0.3 is 5.11 Å². The maximum absolute atomic E-state index is 12.8. The van der Waals surface area contributed by atoms with E-state index in [0.29, 0.717) is 22.4 Å². The fraction of sp³-hybridized carbons (Fsp3) is 0.222. The number of carbonyl (C=O) groups is 1. The molecule has 28 heavy (non-hydrogen) atoms. The number of primary sulfonamides is 1. The number of aromatic nitrogens is 1. The fourth-order valence-electron chi connectivity index (χ4n) is 3.12. The average molecular weight is 412 g/mol. The Kier molecular flexibility index (Phi) is 5.02. The van der Waals surface area contributed by atoms with Crippen molar-refractivity contribution in [2.45, 2.75) is 23.9 Å². The summed E-state index contributed by atoms with van der Waals surface area (Å²) in [5, 5.41) is 14.4. The van der Waals surface area contributed by atoms with Crippen LogP contribution in [0.5, 0.6) is 0 Å². The zero-order valence-electron chi connectivity index (χ0n) is 14.3. The molecule has 0 radical (unpaired) electrons. The van der Waals surface area contributed by atoms with Gasteiger partial charge in [-0.1, -0.05) is 12.1 Å². The summed E-state index contributed by atoms with van der Waals surface area (Å²) < 4.78 is 61.1. The van der Waals surface area contributed by atoms with Gasteiger partial charge in [-0.05, 0) is 53.8 Å². The largest absolute Gasteiger partial charge is 0.481 e. The smallest absolute Gasteiger partial charge is 0.416 e. The minimum absolute atomic E-state index is 0.132. The lowest BCUT2D eigenvalue weighted by atomic mass is 9.98. The summed E-state index contributed by atoms with van der Waals surface area (Å²) in [6.07, 6.45) is -3.14. The molecule has 0 aliphatic heterocycles. The highest BCUT2D eigenvalue weighted by Gasteiger charge is 2.33. The molecule has 1 heterocycles. The fourth-order valence-corrected chi connectivity index (χ4v) is 3.58. The van der Waals surface area contributed by atoms with Crippen molar-refractivity contribution < 1.29 is 31.5 Å². The predicted octanol–water partition coefficient (Wildman–Crippen LogP) is 3.15. The average Bonchev–Trinajstić information content (AvgIpc) is 3.06. The molecule has 0 amide bonds. The van der Waals surface area contributed by atoms with E-state index in [0.717, 1.165) is 18.3 Å². The van der Waals surface area contributed by atoms with Gasteiger partial charge in [0.2, 0.25) is 10.0 Å². The molecule has 0 fully saturated rings. The van der Waals surface area contributed by atoms with Crippen molar-refractivity contribution >= 4 is 27.1 Å². The van der Waals surface area contributed by atoms with E-state index in [9.17, 15) is 31.5 Å². The van der Waals surface area contributed by atoms with Gasteiger partial charge in [0.15, 0.2) is 0 Å². The van der Waals surface area contributed by atoms with Gasteiger partial charge in [-0.3, -0.25) is 9.78 Å². The van der Waals surface area contributed by atoms with E-state index in [1.54, 1.807) is 0 Å². The Morgan fingerprint density at radius 1 is 1.07 bits per heavy atom. The van der Waals surface area contributed by atoms with E-state index in [2.05, 4.69) is 4.98 Å². The van der Waals surface area contributed by atoms with Crippen molar-refractivity contribution in [3.8, 4) is 0 Å². The van der Waals surface area contributed by atoms with Crippen LogP contribution in [-0.2, 0) is 21.0 Å². The van der Waals surface area contributed by atoms with Crippen molar-refractivity contribution in [2.75, 3.05) is 0 Å². The lowest BCUT2D eigenvalue weighted by molar-refractivity contribution is -0.141. The zero-order valence-corrected chi connectivity index (χ0v) is 15.1. The molecule has 1 unspecified atom stereocenters. The number of halogens is 3. The Labute approximate surface area is 158 Å². The first-order valence-corrected chi connectivity index (χ1v) is 9.63. The number of allylic oxidation sites excluding steroid dienone is 2. The van der Waals surface area contributed by atoms with Gasteiger partial charge in [-0.2, -0.15) is 13.2 Å². The van der Waals surface area contributed by atoms with Gasteiger partial charge in [-0.25, -0.2) is 13.6 Å². The first-order valence-electron chi connectivity index (χ1n) is 8.08. The molecule has 2 aromatic rings. The molecule has 6 nitrogen and oxygen atoms in total. The number of aliphatic carboxylic acids is 1. The van der Waals surface area contributed by atoms with Gasteiger partial charge in [0.05, 0.1) is 17.2 Å². The summed E-state index contributed by atoms with van der Waals surface area (Å²) in [7, 11) is -3.93. The number of nitrogens with zero attached hydrogens (tertiary/aromatic N) is 1. The van der Waals surface area contributed by atoms with Crippen LogP contribution < -0.4 is 5.14 Å². The number of rotatable bonds is 4. The van der Waals surface area contributed by atoms with Gasteiger partial charge in [0.1, 0.15) is 4.90 Å². The van der Waals surface area contributed by atoms with Crippen molar-refractivity contribution in [3.05, 3.63) is 59.4 Å². The molecule has 3 N–H and O–H groups in total. The van der Waals surface area contributed by atoms with Crippen LogP contribution in [0.25, 0.3) is 11.1 Å².